The number of benzene rings is 1. The maximum absolute atomic E-state index is 12.9. The number of piperidine rings is 1. The van der Waals surface area contributed by atoms with Crippen LogP contribution in [0.25, 0.3) is 10.8 Å². The van der Waals surface area contributed by atoms with Crippen molar-refractivity contribution in [3.63, 3.8) is 0 Å². The Labute approximate surface area is 139 Å². The molecule has 1 aliphatic carbocycles. The lowest BCUT2D eigenvalue weighted by atomic mass is 9.89. The Balaban J connectivity index is 1.62. The Hall–Kier alpha value is -2.21. The fourth-order valence-corrected chi connectivity index (χ4v) is 3.76. The second-order valence-electron chi connectivity index (χ2n) is 6.99. The molecule has 6 nitrogen and oxygen atoms in total. The van der Waals surface area contributed by atoms with E-state index in [1.165, 1.54) is 4.68 Å². The largest absolute Gasteiger partial charge is 0.390 e. The van der Waals surface area contributed by atoms with Crippen molar-refractivity contribution in [1.29, 1.82) is 0 Å². The molecule has 2 aromatic rings. The molecule has 6 heteroatoms. The molecule has 0 bridgehead atoms. The highest BCUT2D eigenvalue weighted by Gasteiger charge is 2.48. The number of carbonyl (C=O) groups is 1. The van der Waals surface area contributed by atoms with Crippen molar-refractivity contribution in [3.8, 4) is 0 Å². The monoisotopic (exact) mass is 327 g/mol. The molecule has 0 radical (unpaired) electrons. The minimum atomic E-state index is -0.475. The SMILES string of the molecule is Cn1nc(C(=O)N2CCC(C3(O)CC3)CC2)c2ccccc2c1=O. The number of fused-ring (bicyclic) bond motifs is 1. The van der Waals surface area contributed by atoms with E-state index in [9.17, 15) is 14.7 Å². The zero-order valence-corrected chi connectivity index (χ0v) is 13.7. The van der Waals surface area contributed by atoms with Gasteiger partial charge >= 0.3 is 0 Å². The standard InChI is InChI=1S/C18H21N3O3/c1-20-16(22)14-5-3-2-4-13(14)15(19-20)17(23)21-10-6-12(7-11-21)18(24)8-9-18/h2-5,12,24H,6-11H2,1H3. The van der Waals surface area contributed by atoms with Gasteiger partial charge in [-0.3, -0.25) is 9.59 Å². The summed E-state index contributed by atoms with van der Waals surface area (Å²) in [6, 6.07) is 7.11. The van der Waals surface area contributed by atoms with E-state index in [1.807, 2.05) is 6.07 Å². The Morgan fingerprint density at radius 3 is 2.46 bits per heavy atom. The third-order valence-corrected chi connectivity index (χ3v) is 5.46. The molecule has 1 aromatic heterocycles. The van der Waals surface area contributed by atoms with Crippen LogP contribution in [0.2, 0.25) is 0 Å². The van der Waals surface area contributed by atoms with E-state index in [2.05, 4.69) is 5.10 Å². The van der Waals surface area contributed by atoms with E-state index in [4.69, 9.17) is 0 Å². The van der Waals surface area contributed by atoms with Gasteiger partial charge in [0.1, 0.15) is 0 Å². The zero-order valence-electron chi connectivity index (χ0n) is 13.7. The number of carbonyl (C=O) groups excluding carboxylic acids is 1. The van der Waals surface area contributed by atoms with Gasteiger partial charge in [0.2, 0.25) is 0 Å². The van der Waals surface area contributed by atoms with E-state index in [1.54, 1.807) is 30.1 Å². The van der Waals surface area contributed by atoms with Gasteiger partial charge in [-0.25, -0.2) is 4.68 Å². The van der Waals surface area contributed by atoms with Gasteiger partial charge in [0.25, 0.3) is 11.5 Å². The molecule has 0 atom stereocenters. The maximum Gasteiger partial charge on any atom is 0.274 e. The fourth-order valence-electron chi connectivity index (χ4n) is 3.76. The van der Waals surface area contributed by atoms with Crippen molar-refractivity contribution < 1.29 is 9.90 Å². The summed E-state index contributed by atoms with van der Waals surface area (Å²) in [6.07, 6.45) is 3.43. The van der Waals surface area contributed by atoms with E-state index >= 15 is 0 Å². The molecule has 1 aliphatic heterocycles. The van der Waals surface area contributed by atoms with Crippen LogP contribution in [0.4, 0.5) is 0 Å². The normalized spacial score (nSPS) is 20.3. The van der Waals surface area contributed by atoms with E-state index < -0.39 is 5.60 Å². The molecule has 1 aromatic carbocycles. The summed E-state index contributed by atoms with van der Waals surface area (Å²) < 4.78 is 1.23. The molecule has 1 amide bonds. The maximum atomic E-state index is 12.9. The molecule has 2 heterocycles. The lowest BCUT2D eigenvalue weighted by molar-refractivity contribution is 0.0338. The number of aryl methyl sites for hydroxylation is 1. The van der Waals surface area contributed by atoms with E-state index in [0.717, 1.165) is 25.7 Å². The van der Waals surface area contributed by atoms with Crippen LogP contribution in [0.15, 0.2) is 29.1 Å². The first-order valence-corrected chi connectivity index (χ1v) is 8.47. The number of rotatable bonds is 2. The molecule has 4 rings (SSSR count). The average Bonchev–Trinajstić information content (AvgIpc) is 3.36. The quantitative estimate of drug-likeness (QED) is 0.902. The molecule has 2 aliphatic rings. The molecule has 0 unspecified atom stereocenters. The lowest BCUT2D eigenvalue weighted by Crippen LogP contribution is -2.42. The van der Waals surface area contributed by atoms with E-state index in [-0.39, 0.29) is 11.5 Å². The van der Waals surface area contributed by atoms with Crippen LogP contribution in [-0.2, 0) is 7.05 Å². The third-order valence-electron chi connectivity index (χ3n) is 5.46. The number of aliphatic hydroxyl groups is 1. The van der Waals surface area contributed by atoms with Gasteiger partial charge in [0.15, 0.2) is 5.69 Å². The van der Waals surface area contributed by atoms with Crippen LogP contribution < -0.4 is 5.56 Å². The predicted octanol–water partition coefficient (Wildman–Crippen LogP) is 1.31. The van der Waals surface area contributed by atoms with Crippen LogP contribution in [-0.4, -0.2) is 44.4 Å². The molecular formula is C18H21N3O3. The molecule has 1 saturated heterocycles. The first kappa shape index (κ1) is 15.3. The Bertz CT molecular complexity index is 861. The van der Waals surface area contributed by atoms with Crippen LogP contribution in [0.5, 0.6) is 0 Å². The number of hydrogen-bond donors (Lipinski definition) is 1. The van der Waals surface area contributed by atoms with E-state index in [0.29, 0.717) is 35.5 Å². The molecule has 24 heavy (non-hydrogen) atoms. The predicted molar refractivity (Wildman–Crippen MR) is 89.8 cm³/mol. The summed E-state index contributed by atoms with van der Waals surface area (Å²) in [5, 5.41) is 15.6. The summed E-state index contributed by atoms with van der Waals surface area (Å²) in [7, 11) is 1.57. The molecule has 1 N–H and O–H groups in total. The third kappa shape index (κ3) is 2.41. The number of nitrogens with zero attached hydrogens (tertiary/aromatic N) is 3. The second kappa shape index (κ2) is 5.41. The van der Waals surface area contributed by atoms with Crippen molar-refractivity contribution in [2.45, 2.75) is 31.3 Å². The lowest BCUT2D eigenvalue weighted by Gasteiger charge is -2.34. The van der Waals surface area contributed by atoms with Crippen LogP contribution in [0, 0.1) is 5.92 Å². The molecule has 0 spiro atoms. The molecule has 1 saturated carbocycles. The summed E-state index contributed by atoms with van der Waals surface area (Å²) in [5.41, 5.74) is -0.343. The van der Waals surface area contributed by atoms with Crippen LogP contribution >= 0.6 is 0 Å². The van der Waals surface area contributed by atoms with Crippen molar-refractivity contribution in [2.75, 3.05) is 13.1 Å². The first-order chi connectivity index (χ1) is 11.5. The molecule has 2 fully saturated rings. The van der Waals surface area contributed by atoms with Gasteiger partial charge in [-0.1, -0.05) is 18.2 Å². The summed E-state index contributed by atoms with van der Waals surface area (Å²) in [4.78, 5) is 26.9. The van der Waals surface area contributed by atoms with Crippen molar-refractivity contribution in [2.24, 2.45) is 13.0 Å². The average molecular weight is 327 g/mol. The highest BCUT2D eigenvalue weighted by atomic mass is 16.3. The highest BCUT2D eigenvalue weighted by molar-refractivity contribution is 6.04. The number of hydrogen-bond acceptors (Lipinski definition) is 4. The number of amides is 1. The Morgan fingerprint density at radius 1 is 1.21 bits per heavy atom. The second-order valence-corrected chi connectivity index (χ2v) is 6.99. The van der Waals surface area contributed by atoms with Gasteiger partial charge in [0, 0.05) is 25.5 Å². The zero-order chi connectivity index (χ0) is 16.9. The topological polar surface area (TPSA) is 75.4 Å². The van der Waals surface area contributed by atoms with Crippen molar-refractivity contribution in [1.82, 2.24) is 14.7 Å². The van der Waals surface area contributed by atoms with Gasteiger partial charge in [-0.05, 0) is 37.7 Å². The summed E-state index contributed by atoms with van der Waals surface area (Å²) in [6.45, 7) is 1.26. The minimum absolute atomic E-state index is 0.136. The molecular weight excluding hydrogens is 306 g/mol. The summed E-state index contributed by atoms with van der Waals surface area (Å²) in [5.74, 6) is 0.161. The summed E-state index contributed by atoms with van der Waals surface area (Å²) >= 11 is 0. The van der Waals surface area contributed by atoms with Gasteiger partial charge in [-0.2, -0.15) is 5.10 Å². The Morgan fingerprint density at radius 2 is 1.83 bits per heavy atom. The van der Waals surface area contributed by atoms with Crippen molar-refractivity contribution in [3.05, 3.63) is 40.3 Å². The van der Waals surface area contributed by atoms with Crippen LogP contribution in [0.1, 0.15) is 36.2 Å². The van der Waals surface area contributed by atoms with Gasteiger partial charge in [-0.15, -0.1) is 0 Å². The first-order valence-electron chi connectivity index (χ1n) is 8.47. The fraction of sp³-hybridized carbons (Fsp3) is 0.500. The highest BCUT2D eigenvalue weighted by Crippen LogP contribution is 2.46. The smallest absolute Gasteiger partial charge is 0.274 e. The van der Waals surface area contributed by atoms with Crippen molar-refractivity contribution >= 4 is 16.7 Å². The minimum Gasteiger partial charge on any atom is -0.390 e. The molecule has 126 valence electrons. The van der Waals surface area contributed by atoms with Gasteiger partial charge < -0.3 is 10.0 Å². The Kier molecular flexibility index (Phi) is 3.46. The number of aromatic nitrogens is 2. The van der Waals surface area contributed by atoms with Gasteiger partial charge in [0.05, 0.1) is 11.0 Å². The number of likely N-dealkylation sites (tertiary alicyclic amines) is 1. The van der Waals surface area contributed by atoms with Crippen LogP contribution in [0.3, 0.4) is 0 Å².